The number of carbonyl (C=O) groups excluding carboxylic acids is 1. The number of rotatable bonds is 3. The molecule has 2 aliphatic rings. The second kappa shape index (κ2) is 6.22. The van der Waals surface area contributed by atoms with Crippen molar-refractivity contribution in [1.82, 2.24) is 10.6 Å². The van der Waals surface area contributed by atoms with Crippen molar-refractivity contribution in [3.8, 4) is 0 Å². The molecule has 0 radical (unpaired) electrons. The van der Waals surface area contributed by atoms with E-state index in [2.05, 4.69) is 10.6 Å². The van der Waals surface area contributed by atoms with Gasteiger partial charge in [0.1, 0.15) is 5.82 Å². The molecule has 3 rings (SSSR count). The lowest BCUT2D eigenvalue weighted by atomic mass is 9.94. The van der Waals surface area contributed by atoms with Crippen molar-refractivity contribution in [2.24, 2.45) is 0 Å². The van der Waals surface area contributed by atoms with Crippen molar-refractivity contribution in [3.05, 3.63) is 35.1 Å². The Morgan fingerprint density at radius 3 is 2.95 bits per heavy atom. The minimum atomic E-state index is -0.894. The van der Waals surface area contributed by atoms with Crippen molar-refractivity contribution in [2.45, 2.75) is 37.3 Å². The van der Waals surface area contributed by atoms with Gasteiger partial charge in [-0.1, -0.05) is 6.07 Å². The monoisotopic (exact) mass is 308 g/mol. The van der Waals surface area contributed by atoms with E-state index in [4.69, 9.17) is 4.74 Å². The van der Waals surface area contributed by atoms with Gasteiger partial charge in [-0.3, -0.25) is 0 Å². The molecular weight excluding hydrogens is 287 g/mol. The van der Waals surface area contributed by atoms with Crippen LogP contribution in [0.1, 0.15) is 36.4 Å². The van der Waals surface area contributed by atoms with E-state index >= 15 is 0 Å². The maximum atomic E-state index is 13.3. The number of hydrogen-bond donors (Lipinski definition) is 3. The van der Waals surface area contributed by atoms with E-state index in [0.717, 1.165) is 24.0 Å². The molecular formula is C16H21FN2O3. The number of halogens is 1. The van der Waals surface area contributed by atoms with Crippen LogP contribution in [0.4, 0.5) is 9.18 Å². The Morgan fingerprint density at radius 1 is 1.41 bits per heavy atom. The van der Waals surface area contributed by atoms with Crippen LogP contribution < -0.4 is 10.6 Å². The fourth-order valence-corrected chi connectivity index (χ4v) is 3.11. The number of hydrogen-bond acceptors (Lipinski definition) is 3. The Kier molecular flexibility index (Phi) is 4.31. The highest BCUT2D eigenvalue weighted by atomic mass is 19.1. The van der Waals surface area contributed by atoms with Crippen LogP contribution in [0.25, 0.3) is 0 Å². The summed E-state index contributed by atoms with van der Waals surface area (Å²) in [5.74, 6) is -0.288. The third-order valence-corrected chi connectivity index (χ3v) is 4.49. The molecule has 1 atom stereocenters. The van der Waals surface area contributed by atoms with Gasteiger partial charge < -0.3 is 20.5 Å². The molecule has 120 valence electrons. The smallest absolute Gasteiger partial charge is 0.315 e. The molecule has 1 aliphatic heterocycles. The van der Waals surface area contributed by atoms with Crippen molar-refractivity contribution in [2.75, 3.05) is 19.8 Å². The fraction of sp³-hybridized carbons (Fsp3) is 0.562. The van der Waals surface area contributed by atoms with E-state index in [0.29, 0.717) is 26.1 Å². The lowest BCUT2D eigenvalue weighted by molar-refractivity contribution is -0.0600. The number of nitrogens with one attached hydrogen (secondary N) is 2. The summed E-state index contributed by atoms with van der Waals surface area (Å²) in [4.78, 5) is 12.0. The Bertz CT molecular complexity index is 558. The summed E-state index contributed by atoms with van der Waals surface area (Å²) in [6, 6.07) is 4.20. The van der Waals surface area contributed by atoms with Gasteiger partial charge in [0.05, 0.1) is 11.6 Å². The Hall–Kier alpha value is -1.66. The van der Waals surface area contributed by atoms with Gasteiger partial charge in [-0.25, -0.2) is 9.18 Å². The predicted octanol–water partition coefficient (Wildman–Crippen LogP) is 1.65. The van der Waals surface area contributed by atoms with Gasteiger partial charge in [-0.05, 0) is 36.1 Å². The van der Waals surface area contributed by atoms with Crippen LogP contribution in [0.5, 0.6) is 0 Å². The molecule has 6 heteroatoms. The first-order valence-corrected chi connectivity index (χ1v) is 7.69. The third-order valence-electron chi connectivity index (χ3n) is 4.49. The maximum Gasteiger partial charge on any atom is 0.315 e. The number of amides is 2. The summed E-state index contributed by atoms with van der Waals surface area (Å²) in [6.45, 7) is 1.22. The van der Waals surface area contributed by atoms with Crippen molar-refractivity contribution < 1.29 is 19.0 Å². The number of aliphatic hydroxyl groups is 1. The van der Waals surface area contributed by atoms with Crippen LogP contribution in [0, 0.1) is 5.82 Å². The summed E-state index contributed by atoms with van der Waals surface area (Å²) in [5.41, 5.74) is 1.03. The first-order chi connectivity index (χ1) is 10.6. The minimum absolute atomic E-state index is 0.171. The Labute approximate surface area is 128 Å². The van der Waals surface area contributed by atoms with Gasteiger partial charge in [-0.2, -0.15) is 0 Å². The summed E-state index contributed by atoms with van der Waals surface area (Å²) in [6.07, 6.45) is 2.64. The van der Waals surface area contributed by atoms with E-state index in [1.165, 1.54) is 12.1 Å². The van der Waals surface area contributed by atoms with Crippen LogP contribution in [0.2, 0.25) is 0 Å². The Morgan fingerprint density at radius 2 is 2.18 bits per heavy atom. The number of carbonyl (C=O) groups is 1. The molecule has 1 heterocycles. The van der Waals surface area contributed by atoms with Crippen LogP contribution in [0.15, 0.2) is 18.2 Å². The lowest BCUT2D eigenvalue weighted by Gasteiger charge is -2.32. The standard InChI is InChI=1S/C16H21FN2O3/c17-12-3-1-11-2-4-14(13(11)9-12)19-15(20)18-10-16(21)5-7-22-8-6-16/h1,3,9,14,21H,2,4-8,10H2,(H2,18,19,20). The zero-order valence-corrected chi connectivity index (χ0v) is 12.4. The van der Waals surface area contributed by atoms with Gasteiger partial charge in [0.15, 0.2) is 0 Å². The molecule has 5 nitrogen and oxygen atoms in total. The second-order valence-corrected chi connectivity index (χ2v) is 6.10. The van der Waals surface area contributed by atoms with Crippen molar-refractivity contribution in [3.63, 3.8) is 0 Å². The molecule has 22 heavy (non-hydrogen) atoms. The minimum Gasteiger partial charge on any atom is -0.388 e. The van der Waals surface area contributed by atoms with Gasteiger partial charge >= 0.3 is 6.03 Å². The highest BCUT2D eigenvalue weighted by Crippen LogP contribution is 2.31. The van der Waals surface area contributed by atoms with Gasteiger partial charge in [-0.15, -0.1) is 0 Å². The molecule has 1 aromatic rings. The normalized spacial score (nSPS) is 22.9. The summed E-state index contributed by atoms with van der Waals surface area (Å²) >= 11 is 0. The van der Waals surface area contributed by atoms with Gasteiger partial charge in [0.25, 0.3) is 0 Å². The van der Waals surface area contributed by atoms with E-state index in [9.17, 15) is 14.3 Å². The number of benzene rings is 1. The van der Waals surface area contributed by atoms with Crippen LogP contribution in [-0.2, 0) is 11.2 Å². The Balaban J connectivity index is 1.54. The summed E-state index contributed by atoms with van der Waals surface area (Å²) in [7, 11) is 0. The molecule has 0 bridgehead atoms. The molecule has 1 saturated heterocycles. The topological polar surface area (TPSA) is 70.6 Å². The van der Waals surface area contributed by atoms with E-state index in [-0.39, 0.29) is 24.4 Å². The zero-order valence-electron chi connectivity index (χ0n) is 12.4. The van der Waals surface area contributed by atoms with Crippen LogP contribution >= 0.6 is 0 Å². The molecule has 1 unspecified atom stereocenters. The van der Waals surface area contributed by atoms with Crippen LogP contribution in [0.3, 0.4) is 0 Å². The largest absolute Gasteiger partial charge is 0.388 e. The predicted molar refractivity (Wildman–Crippen MR) is 79.0 cm³/mol. The van der Waals surface area contributed by atoms with E-state index < -0.39 is 5.60 Å². The molecule has 1 aromatic carbocycles. The number of ether oxygens (including phenoxy) is 1. The number of urea groups is 1. The van der Waals surface area contributed by atoms with E-state index in [1.807, 2.05) is 0 Å². The first-order valence-electron chi connectivity index (χ1n) is 7.69. The summed E-state index contributed by atoms with van der Waals surface area (Å²) in [5, 5.41) is 15.9. The van der Waals surface area contributed by atoms with Gasteiger partial charge in [0, 0.05) is 32.6 Å². The van der Waals surface area contributed by atoms with Crippen molar-refractivity contribution in [1.29, 1.82) is 0 Å². The molecule has 3 N–H and O–H groups in total. The lowest BCUT2D eigenvalue weighted by Crippen LogP contribution is -2.49. The molecule has 0 saturated carbocycles. The first kappa shape index (κ1) is 15.2. The zero-order chi connectivity index (χ0) is 15.6. The second-order valence-electron chi connectivity index (χ2n) is 6.10. The number of fused-ring (bicyclic) bond motifs is 1. The highest BCUT2D eigenvalue weighted by molar-refractivity contribution is 5.74. The van der Waals surface area contributed by atoms with Crippen molar-refractivity contribution >= 4 is 6.03 Å². The third kappa shape index (κ3) is 3.39. The number of aryl methyl sites for hydroxylation is 1. The average Bonchev–Trinajstić information content (AvgIpc) is 2.88. The van der Waals surface area contributed by atoms with E-state index in [1.54, 1.807) is 6.07 Å². The molecule has 1 fully saturated rings. The highest BCUT2D eigenvalue weighted by Gasteiger charge is 2.31. The SMILES string of the molecule is O=C(NCC1(O)CCOCC1)NC1CCc2ccc(F)cc21. The maximum absolute atomic E-state index is 13.3. The molecule has 0 aromatic heterocycles. The van der Waals surface area contributed by atoms with Gasteiger partial charge in [0.2, 0.25) is 0 Å². The molecule has 2 amide bonds. The molecule has 0 spiro atoms. The quantitative estimate of drug-likeness (QED) is 0.795. The average molecular weight is 308 g/mol. The molecule has 1 aliphatic carbocycles. The summed E-state index contributed by atoms with van der Waals surface area (Å²) < 4.78 is 18.5. The van der Waals surface area contributed by atoms with Crippen LogP contribution in [-0.4, -0.2) is 36.5 Å². The fourth-order valence-electron chi connectivity index (χ4n) is 3.11.